The molecule has 2 rings (SSSR count). The van der Waals surface area contributed by atoms with E-state index in [1.54, 1.807) is 0 Å². The van der Waals surface area contributed by atoms with E-state index in [1.807, 2.05) is 24.4 Å². The number of hydrogen-bond donors (Lipinski definition) is 1. The van der Waals surface area contributed by atoms with Gasteiger partial charge in [-0.1, -0.05) is 35.9 Å². The van der Waals surface area contributed by atoms with Crippen molar-refractivity contribution < 1.29 is 0 Å². The summed E-state index contributed by atoms with van der Waals surface area (Å²) < 4.78 is 0. The Kier molecular flexibility index (Phi) is 4.48. The van der Waals surface area contributed by atoms with Crippen LogP contribution in [0.25, 0.3) is 0 Å². The molecule has 1 aromatic heterocycles. The Hall–Kier alpha value is -1.67. The molecule has 2 nitrogen and oxygen atoms in total. The minimum Gasteiger partial charge on any atom is -0.327 e. The molecule has 1 heterocycles. The van der Waals surface area contributed by atoms with Crippen LogP contribution in [0.4, 0.5) is 0 Å². The summed E-state index contributed by atoms with van der Waals surface area (Å²) in [6.45, 7) is 2.11. The molecule has 2 N–H and O–H groups in total. The van der Waals surface area contributed by atoms with Crippen LogP contribution >= 0.6 is 0 Å². The highest BCUT2D eigenvalue weighted by Gasteiger charge is 2.05. The van der Waals surface area contributed by atoms with E-state index in [4.69, 9.17) is 5.73 Å². The number of aromatic nitrogens is 1. The number of hydrogen-bond acceptors (Lipinski definition) is 2. The molecule has 0 spiro atoms. The Bertz CT molecular complexity index is 462. The highest BCUT2D eigenvalue weighted by atomic mass is 14.7. The molecule has 94 valence electrons. The average Bonchev–Trinajstić information content (AvgIpc) is 2.39. The molecule has 0 fully saturated rings. The molecule has 1 atom stereocenters. The molecule has 0 radical (unpaired) electrons. The maximum atomic E-state index is 6.14. The summed E-state index contributed by atoms with van der Waals surface area (Å²) in [5.41, 5.74) is 9.88. The van der Waals surface area contributed by atoms with E-state index < -0.39 is 0 Å². The molecule has 2 heteroatoms. The van der Waals surface area contributed by atoms with Crippen molar-refractivity contribution in [1.29, 1.82) is 0 Å². The number of pyridine rings is 1. The van der Waals surface area contributed by atoms with Gasteiger partial charge in [0.25, 0.3) is 0 Å². The van der Waals surface area contributed by atoms with Gasteiger partial charge in [-0.3, -0.25) is 4.98 Å². The predicted octanol–water partition coefficient (Wildman–Crippen LogP) is 2.89. The number of nitrogens with zero attached hydrogens (tertiary/aromatic N) is 1. The standard InChI is InChI=1S/C16H20N2/c1-13-5-7-14(8-6-13)9-10-15(17)12-16-4-2-3-11-18-16/h2-8,11,15H,9-10,12,17H2,1H3. The van der Waals surface area contributed by atoms with E-state index in [0.717, 1.165) is 25.0 Å². The maximum Gasteiger partial charge on any atom is 0.0419 e. The molecule has 2 aromatic rings. The van der Waals surface area contributed by atoms with E-state index in [9.17, 15) is 0 Å². The number of nitrogens with two attached hydrogens (primary N) is 1. The van der Waals surface area contributed by atoms with Crippen LogP contribution in [0.15, 0.2) is 48.7 Å². The minimum absolute atomic E-state index is 0.182. The second-order valence-electron chi connectivity index (χ2n) is 4.81. The molecule has 1 unspecified atom stereocenters. The Balaban J connectivity index is 1.81. The van der Waals surface area contributed by atoms with Crippen molar-refractivity contribution in [2.45, 2.75) is 32.2 Å². The first-order chi connectivity index (χ1) is 8.74. The monoisotopic (exact) mass is 240 g/mol. The first-order valence-corrected chi connectivity index (χ1v) is 6.45. The smallest absolute Gasteiger partial charge is 0.0419 e. The third kappa shape index (κ3) is 3.97. The first-order valence-electron chi connectivity index (χ1n) is 6.45. The van der Waals surface area contributed by atoms with Crippen LogP contribution in [0.3, 0.4) is 0 Å². The Morgan fingerprint density at radius 1 is 1.11 bits per heavy atom. The zero-order valence-corrected chi connectivity index (χ0v) is 10.8. The fourth-order valence-corrected chi connectivity index (χ4v) is 2.00. The summed E-state index contributed by atoms with van der Waals surface area (Å²) in [7, 11) is 0. The largest absolute Gasteiger partial charge is 0.327 e. The van der Waals surface area contributed by atoms with E-state index >= 15 is 0 Å². The SMILES string of the molecule is Cc1ccc(CCC(N)Cc2ccccn2)cc1. The van der Waals surface area contributed by atoms with Gasteiger partial charge in [0.05, 0.1) is 0 Å². The van der Waals surface area contributed by atoms with Gasteiger partial charge in [0.2, 0.25) is 0 Å². The lowest BCUT2D eigenvalue weighted by Crippen LogP contribution is -2.23. The predicted molar refractivity (Wildman–Crippen MR) is 75.4 cm³/mol. The third-order valence-corrected chi connectivity index (χ3v) is 3.12. The average molecular weight is 240 g/mol. The van der Waals surface area contributed by atoms with Gasteiger partial charge in [0, 0.05) is 24.4 Å². The lowest BCUT2D eigenvalue weighted by atomic mass is 10.0. The van der Waals surface area contributed by atoms with Crippen LogP contribution in [0, 0.1) is 6.92 Å². The van der Waals surface area contributed by atoms with Crippen molar-refractivity contribution >= 4 is 0 Å². The second kappa shape index (κ2) is 6.31. The molecule has 0 aliphatic heterocycles. The van der Waals surface area contributed by atoms with Crippen LogP contribution in [0.1, 0.15) is 23.2 Å². The molecule has 0 aliphatic rings. The third-order valence-electron chi connectivity index (χ3n) is 3.12. The summed E-state index contributed by atoms with van der Waals surface area (Å²) in [5.74, 6) is 0. The quantitative estimate of drug-likeness (QED) is 0.872. The lowest BCUT2D eigenvalue weighted by Gasteiger charge is -2.11. The zero-order valence-electron chi connectivity index (χ0n) is 10.8. The second-order valence-corrected chi connectivity index (χ2v) is 4.81. The Labute approximate surface area is 109 Å². The van der Waals surface area contributed by atoms with E-state index in [1.165, 1.54) is 11.1 Å². The van der Waals surface area contributed by atoms with Crippen molar-refractivity contribution in [3.8, 4) is 0 Å². The van der Waals surface area contributed by atoms with Crippen molar-refractivity contribution in [1.82, 2.24) is 4.98 Å². The van der Waals surface area contributed by atoms with Crippen molar-refractivity contribution in [3.05, 3.63) is 65.5 Å². The fourth-order valence-electron chi connectivity index (χ4n) is 2.00. The van der Waals surface area contributed by atoms with Gasteiger partial charge >= 0.3 is 0 Å². The van der Waals surface area contributed by atoms with Gasteiger partial charge in [-0.2, -0.15) is 0 Å². The maximum absolute atomic E-state index is 6.14. The first kappa shape index (κ1) is 12.8. The van der Waals surface area contributed by atoms with Gasteiger partial charge in [0.15, 0.2) is 0 Å². The van der Waals surface area contributed by atoms with Gasteiger partial charge in [-0.05, 0) is 37.5 Å². The molecule has 18 heavy (non-hydrogen) atoms. The molecule has 1 aromatic carbocycles. The Morgan fingerprint density at radius 2 is 1.89 bits per heavy atom. The summed E-state index contributed by atoms with van der Waals surface area (Å²) in [4.78, 5) is 4.31. The van der Waals surface area contributed by atoms with Gasteiger partial charge in [-0.25, -0.2) is 0 Å². The topological polar surface area (TPSA) is 38.9 Å². The van der Waals surface area contributed by atoms with Gasteiger partial charge in [-0.15, -0.1) is 0 Å². The molecule has 0 amide bonds. The van der Waals surface area contributed by atoms with E-state index in [0.29, 0.717) is 0 Å². The zero-order chi connectivity index (χ0) is 12.8. The summed E-state index contributed by atoms with van der Waals surface area (Å²) in [5, 5.41) is 0. The normalized spacial score (nSPS) is 12.3. The number of benzene rings is 1. The summed E-state index contributed by atoms with van der Waals surface area (Å²) >= 11 is 0. The molecule has 0 bridgehead atoms. The van der Waals surface area contributed by atoms with Gasteiger partial charge in [0.1, 0.15) is 0 Å². The molecule has 0 aliphatic carbocycles. The minimum atomic E-state index is 0.182. The Morgan fingerprint density at radius 3 is 2.56 bits per heavy atom. The van der Waals surface area contributed by atoms with Crippen molar-refractivity contribution in [2.75, 3.05) is 0 Å². The highest BCUT2D eigenvalue weighted by Crippen LogP contribution is 2.08. The molecule has 0 saturated heterocycles. The van der Waals surface area contributed by atoms with E-state index in [-0.39, 0.29) is 6.04 Å². The van der Waals surface area contributed by atoms with Crippen molar-refractivity contribution in [3.63, 3.8) is 0 Å². The van der Waals surface area contributed by atoms with Gasteiger partial charge < -0.3 is 5.73 Å². The number of rotatable bonds is 5. The van der Waals surface area contributed by atoms with Crippen molar-refractivity contribution in [2.24, 2.45) is 5.73 Å². The van der Waals surface area contributed by atoms with Crippen LogP contribution in [0.5, 0.6) is 0 Å². The lowest BCUT2D eigenvalue weighted by molar-refractivity contribution is 0.603. The van der Waals surface area contributed by atoms with Crippen LogP contribution < -0.4 is 5.73 Å². The molecular weight excluding hydrogens is 220 g/mol. The van der Waals surface area contributed by atoms with Crippen LogP contribution in [-0.2, 0) is 12.8 Å². The van der Waals surface area contributed by atoms with E-state index in [2.05, 4.69) is 36.2 Å². The summed E-state index contributed by atoms with van der Waals surface area (Å²) in [6.07, 6.45) is 4.71. The number of aryl methyl sites for hydroxylation is 2. The summed E-state index contributed by atoms with van der Waals surface area (Å²) in [6, 6.07) is 14.8. The van der Waals surface area contributed by atoms with Crippen LogP contribution in [0.2, 0.25) is 0 Å². The fraction of sp³-hybridized carbons (Fsp3) is 0.312. The molecule has 0 saturated carbocycles. The molecular formula is C16H20N2. The highest BCUT2D eigenvalue weighted by molar-refractivity contribution is 5.21. The van der Waals surface area contributed by atoms with Crippen LogP contribution in [-0.4, -0.2) is 11.0 Å².